The lowest BCUT2D eigenvalue weighted by Crippen LogP contribution is -2.06. The van der Waals surface area contributed by atoms with E-state index in [1.807, 2.05) is 25.3 Å². The van der Waals surface area contributed by atoms with E-state index in [-0.39, 0.29) is 6.04 Å². The van der Waals surface area contributed by atoms with Gasteiger partial charge in [0.1, 0.15) is 17.5 Å². The molecule has 0 unspecified atom stereocenters. The highest BCUT2D eigenvalue weighted by atomic mass is 16.3. The largest absolute Gasteiger partial charge is 0.467 e. The molecule has 0 aliphatic rings. The van der Waals surface area contributed by atoms with Crippen LogP contribution < -0.4 is 0 Å². The predicted molar refractivity (Wildman–Crippen MR) is 60.1 cm³/mol. The third-order valence-electron chi connectivity index (χ3n) is 2.60. The lowest BCUT2D eigenvalue weighted by atomic mass is 10.2. The molecule has 6 heteroatoms. The molecule has 0 aliphatic heterocycles. The summed E-state index contributed by atoms with van der Waals surface area (Å²) in [5.41, 5.74) is 0.716. The van der Waals surface area contributed by atoms with Crippen LogP contribution in [0.2, 0.25) is 0 Å². The lowest BCUT2D eigenvalue weighted by Gasteiger charge is -2.06. The van der Waals surface area contributed by atoms with Gasteiger partial charge in [0, 0.05) is 12.4 Å². The van der Waals surface area contributed by atoms with E-state index in [4.69, 9.17) is 4.42 Å². The number of H-pyrrole nitrogens is 1. The summed E-state index contributed by atoms with van der Waals surface area (Å²) in [6, 6.07) is 3.79. The molecular formula is C11H11N5O. The van der Waals surface area contributed by atoms with Crippen LogP contribution >= 0.6 is 0 Å². The minimum absolute atomic E-state index is 0.0150. The molecule has 6 nitrogen and oxygen atoms in total. The summed E-state index contributed by atoms with van der Waals surface area (Å²) in [5, 5.41) is 8.14. The first-order valence-electron chi connectivity index (χ1n) is 5.29. The first kappa shape index (κ1) is 9.83. The second kappa shape index (κ2) is 3.89. The van der Waals surface area contributed by atoms with E-state index >= 15 is 0 Å². The van der Waals surface area contributed by atoms with Gasteiger partial charge in [0.15, 0.2) is 5.82 Å². The molecule has 0 amide bonds. The fourth-order valence-corrected chi connectivity index (χ4v) is 1.64. The predicted octanol–water partition coefficient (Wildman–Crippen LogP) is 1.87. The second-order valence-corrected chi connectivity index (χ2v) is 3.71. The van der Waals surface area contributed by atoms with Gasteiger partial charge in [-0.05, 0) is 19.1 Å². The normalized spacial score (nSPS) is 12.8. The fraction of sp³-hybridized carbons (Fsp3) is 0.182. The molecule has 0 aromatic carbocycles. The third-order valence-corrected chi connectivity index (χ3v) is 2.60. The van der Waals surface area contributed by atoms with Crippen LogP contribution in [0.5, 0.6) is 0 Å². The Bertz CT molecular complexity index is 581. The Balaban J connectivity index is 1.90. The molecule has 0 spiro atoms. The van der Waals surface area contributed by atoms with Crippen molar-refractivity contribution in [2.24, 2.45) is 0 Å². The zero-order valence-corrected chi connectivity index (χ0v) is 9.24. The number of nitrogens with one attached hydrogen (secondary N) is 1. The molecular weight excluding hydrogens is 218 g/mol. The highest BCUT2D eigenvalue weighted by Gasteiger charge is 2.14. The molecule has 0 aliphatic carbocycles. The zero-order valence-electron chi connectivity index (χ0n) is 9.24. The Kier molecular flexibility index (Phi) is 2.25. The molecule has 0 saturated heterocycles. The summed E-state index contributed by atoms with van der Waals surface area (Å²) in [5.74, 6) is 1.56. The maximum Gasteiger partial charge on any atom is 0.159 e. The van der Waals surface area contributed by atoms with Crippen molar-refractivity contribution in [3.63, 3.8) is 0 Å². The summed E-state index contributed by atoms with van der Waals surface area (Å²) in [4.78, 5) is 7.12. The molecule has 0 fully saturated rings. The van der Waals surface area contributed by atoms with Crippen molar-refractivity contribution in [1.82, 2.24) is 25.0 Å². The molecule has 3 aromatic rings. The van der Waals surface area contributed by atoms with Gasteiger partial charge in [-0.1, -0.05) is 5.21 Å². The lowest BCUT2D eigenvalue weighted by molar-refractivity contribution is 0.419. The first-order chi connectivity index (χ1) is 8.34. The van der Waals surface area contributed by atoms with Crippen LogP contribution in [0.25, 0.3) is 11.5 Å². The summed E-state index contributed by atoms with van der Waals surface area (Å²) in [7, 11) is 0. The number of aromatic amines is 1. The van der Waals surface area contributed by atoms with E-state index in [0.717, 1.165) is 5.76 Å². The minimum atomic E-state index is 0.0150. The molecule has 3 rings (SSSR count). The van der Waals surface area contributed by atoms with Crippen molar-refractivity contribution in [3.05, 3.63) is 42.7 Å². The van der Waals surface area contributed by atoms with E-state index in [9.17, 15) is 0 Å². The highest BCUT2D eigenvalue weighted by Crippen LogP contribution is 2.19. The van der Waals surface area contributed by atoms with Gasteiger partial charge in [-0.2, -0.15) is 0 Å². The summed E-state index contributed by atoms with van der Waals surface area (Å²) < 4.78 is 7.08. The summed E-state index contributed by atoms with van der Waals surface area (Å²) >= 11 is 0. The highest BCUT2D eigenvalue weighted by molar-refractivity contribution is 5.45. The van der Waals surface area contributed by atoms with Gasteiger partial charge in [-0.3, -0.25) is 0 Å². The maximum absolute atomic E-state index is 5.34. The maximum atomic E-state index is 5.34. The number of rotatable bonds is 3. The molecule has 1 N–H and O–H groups in total. The van der Waals surface area contributed by atoms with Crippen molar-refractivity contribution in [2.45, 2.75) is 13.0 Å². The number of hydrogen-bond donors (Lipinski definition) is 1. The molecule has 3 heterocycles. The van der Waals surface area contributed by atoms with Crippen LogP contribution in [-0.2, 0) is 0 Å². The average molecular weight is 229 g/mol. The molecule has 86 valence electrons. The van der Waals surface area contributed by atoms with Crippen LogP contribution in [0.15, 0.2) is 41.4 Å². The molecule has 1 atom stereocenters. The van der Waals surface area contributed by atoms with Gasteiger partial charge in [0.2, 0.25) is 0 Å². The Labute approximate surface area is 97.3 Å². The zero-order chi connectivity index (χ0) is 11.7. The van der Waals surface area contributed by atoms with Gasteiger partial charge in [-0.15, -0.1) is 5.10 Å². The third kappa shape index (κ3) is 1.73. The standard InChI is InChI=1S/C11H11N5O/c1-8(10-3-2-6-17-10)16-7-9(14-15-16)11-12-4-5-13-11/h2-8H,1H3,(H,12,13)/t8-/m1/s1. The smallest absolute Gasteiger partial charge is 0.159 e. The van der Waals surface area contributed by atoms with Gasteiger partial charge in [-0.25, -0.2) is 9.67 Å². The number of imidazole rings is 1. The SMILES string of the molecule is C[C@H](c1ccco1)n1cc(-c2ncc[nH]2)nn1. The first-order valence-corrected chi connectivity index (χ1v) is 5.29. The quantitative estimate of drug-likeness (QED) is 0.744. The fourth-order valence-electron chi connectivity index (χ4n) is 1.64. The van der Waals surface area contributed by atoms with Gasteiger partial charge >= 0.3 is 0 Å². The van der Waals surface area contributed by atoms with Crippen LogP contribution in [0.3, 0.4) is 0 Å². The number of hydrogen-bond acceptors (Lipinski definition) is 4. The number of nitrogens with zero attached hydrogens (tertiary/aromatic N) is 4. The van der Waals surface area contributed by atoms with Crippen LogP contribution in [0.4, 0.5) is 0 Å². The van der Waals surface area contributed by atoms with E-state index in [1.54, 1.807) is 23.3 Å². The topological polar surface area (TPSA) is 72.5 Å². The van der Waals surface area contributed by atoms with Gasteiger partial charge < -0.3 is 9.40 Å². The monoisotopic (exact) mass is 229 g/mol. The Morgan fingerprint density at radius 2 is 2.41 bits per heavy atom. The molecule has 0 radical (unpaired) electrons. The Morgan fingerprint density at radius 1 is 1.47 bits per heavy atom. The summed E-state index contributed by atoms with van der Waals surface area (Å²) in [6.45, 7) is 2.00. The Hall–Kier alpha value is -2.37. The van der Waals surface area contributed by atoms with Crippen molar-refractivity contribution < 1.29 is 4.42 Å². The van der Waals surface area contributed by atoms with Gasteiger partial charge in [0.25, 0.3) is 0 Å². The summed E-state index contributed by atoms with van der Waals surface area (Å²) in [6.07, 6.45) is 6.93. The average Bonchev–Trinajstić information content (AvgIpc) is 3.09. The van der Waals surface area contributed by atoms with E-state index in [2.05, 4.69) is 20.3 Å². The molecule has 17 heavy (non-hydrogen) atoms. The Morgan fingerprint density at radius 3 is 3.12 bits per heavy atom. The number of aromatic nitrogens is 5. The van der Waals surface area contributed by atoms with E-state index < -0.39 is 0 Å². The van der Waals surface area contributed by atoms with Crippen molar-refractivity contribution in [3.8, 4) is 11.5 Å². The molecule has 3 aromatic heterocycles. The van der Waals surface area contributed by atoms with Gasteiger partial charge in [0.05, 0.1) is 12.5 Å². The van der Waals surface area contributed by atoms with E-state index in [1.165, 1.54) is 0 Å². The van der Waals surface area contributed by atoms with Crippen molar-refractivity contribution in [1.29, 1.82) is 0 Å². The number of furan rings is 1. The van der Waals surface area contributed by atoms with Crippen molar-refractivity contribution in [2.75, 3.05) is 0 Å². The van der Waals surface area contributed by atoms with Crippen LogP contribution in [-0.4, -0.2) is 25.0 Å². The molecule has 0 bridgehead atoms. The van der Waals surface area contributed by atoms with E-state index in [0.29, 0.717) is 11.5 Å². The van der Waals surface area contributed by atoms with Crippen LogP contribution in [0.1, 0.15) is 18.7 Å². The molecule has 0 saturated carbocycles. The minimum Gasteiger partial charge on any atom is -0.467 e. The van der Waals surface area contributed by atoms with Crippen LogP contribution in [0, 0.1) is 0 Å². The van der Waals surface area contributed by atoms with Crippen molar-refractivity contribution >= 4 is 0 Å². The second-order valence-electron chi connectivity index (χ2n) is 3.71.